The molecule has 1 fully saturated rings. The lowest BCUT2D eigenvalue weighted by Gasteiger charge is -2.16. The van der Waals surface area contributed by atoms with E-state index >= 15 is 0 Å². The summed E-state index contributed by atoms with van der Waals surface area (Å²) in [5, 5.41) is 1.03. The minimum absolute atomic E-state index is 0.319. The lowest BCUT2D eigenvalue weighted by atomic mass is 9.98. The monoisotopic (exact) mass is 542 g/mol. The second-order valence-electron chi connectivity index (χ2n) is 8.04. The summed E-state index contributed by atoms with van der Waals surface area (Å²) in [6, 6.07) is 25.5. The molecule has 6 heteroatoms. The topological polar surface area (TPSA) is 42.3 Å². The highest BCUT2D eigenvalue weighted by Crippen LogP contribution is 2.36. The van der Waals surface area contributed by atoms with Crippen molar-refractivity contribution < 1.29 is 8.42 Å². The Kier molecular flexibility index (Phi) is 5.62. The molecule has 158 valence electrons. The Labute approximate surface area is 196 Å². The first-order chi connectivity index (χ1) is 15.0. The van der Waals surface area contributed by atoms with Gasteiger partial charge in [0.1, 0.15) is 4.90 Å². The molecular formula is C25H23IN2O2S. The average molecular weight is 542 g/mol. The molecule has 0 amide bonds. The van der Waals surface area contributed by atoms with Gasteiger partial charge in [-0.05, 0) is 70.8 Å². The SMILES string of the molecule is O=S(=O)(c1ccccc1I)n1cc(C2CCN(Cc3ccccc3)C2)c2ccccc21. The van der Waals surface area contributed by atoms with E-state index in [9.17, 15) is 8.42 Å². The van der Waals surface area contributed by atoms with Crippen LogP contribution in [0, 0.1) is 3.57 Å². The van der Waals surface area contributed by atoms with Gasteiger partial charge in [0.25, 0.3) is 10.0 Å². The molecule has 3 aromatic carbocycles. The van der Waals surface area contributed by atoms with Crippen LogP contribution in [0.2, 0.25) is 0 Å². The molecule has 1 unspecified atom stereocenters. The van der Waals surface area contributed by atoms with Gasteiger partial charge in [-0.25, -0.2) is 12.4 Å². The summed E-state index contributed by atoms with van der Waals surface area (Å²) in [6.45, 7) is 2.88. The van der Waals surface area contributed by atoms with Crippen molar-refractivity contribution in [1.29, 1.82) is 0 Å². The molecule has 0 saturated carbocycles. The Morgan fingerprint density at radius 2 is 1.61 bits per heavy atom. The molecule has 5 rings (SSSR count). The van der Waals surface area contributed by atoms with E-state index in [-0.39, 0.29) is 0 Å². The lowest BCUT2D eigenvalue weighted by Crippen LogP contribution is -2.19. The van der Waals surface area contributed by atoms with Crippen molar-refractivity contribution in [3.8, 4) is 0 Å². The molecule has 31 heavy (non-hydrogen) atoms. The highest BCUT2D eigenvalue weighted by molar-refractivity contribution is 14.1. The Hall–Kier alpha value is -2.16. The molecule has 1 aliphatic rings. The van der Waals surface area contributed by atoms with E-state index in [1.165, 1.54) is 9.54 Å². The number of hydrogen-bond donors (Lipinski definition) is 0. The number of fused-ring (bicyclic) bond motifs is 1. The molecule has 1 saturated heterocycles. The zero-order chi connectivity index (χ0) is 21.4. The minimum atomic E-state index is -3.67. The normalized spacial score (nSPS) is 17.4. The summed E-state index contributed by atoms with van der Waals surface area (Å²) in [5.41, 5.74) is 3.19. The summed E-state index contributed by atoms with van der Waals surface area (Å²) >= 11 is 2.10. The van der Waals surface area contributed by atoms with Gasteiger partial charge in [-0.15, -0.1) is 0 Å². The Bertz CT molecular complexity index is 1330. The van der Waals surface area contributed by atoms with Crippen LogP contribution in [0.25, 0.3) is 10.9 Å². The molecule has 1 aliphatic heterocycles. The number of nitrogens with zero attached hydrogens (tertiary/aromatic N) is 2. The maximum absolute atomic E-state index is 13.6. The van der Waals surface area contributed by atoms with Crippen LogP contribution in [0.3, 0.4) is 0 Å². The predicted molar refractivity (Wildman–Crippen MR) is 133 cm³/mol. The van der Waals surface area contributed by atoms with E-state index in [0.717, 1.165) is 46.1 Å². The van der Waals surface area contributed by atoms with Crippen LogP contribution in [-0.2, 0) is 16.6 Å². The minimum Gasteiger partial charge on any atom is -0.298 e. The zero-order valence-corrected chi connectivity index (χ0v) is 20.0. The molecule has 0 radical (unpaired) electrons. The van der Waals surface area contributed by atoms with Gasteiger partial charge < -0.3 is 0 Å². The van der Waals surface area contributed by atoms with Crippen LogP contribution in [0.4, 0.5) is 0 Å². The Balaban J connectivity index is 1.51. The van der Waals surface area contributed by atoms with Crippen molar-refractivity contribution in [3.63, 3.8) is 0 Å². The largest absolute Gasteiger partial charge is 0.298 e. The van der Waals surface area contributed by atoms with Gasteiger partial charge in [0.2, 0.25) is 0 Å². The van der Waals surface area contributed by atoms with Crippen LogP contribution in [-0.4, -0.2) is 30.4 Å². The van der Waals surface area contributed by atoms with Gasteiger partial charge in [0, 0.05) is 28.2 Å². The second kappa shape index (κ2) is 8.41. The van der Waals surface area contributed by atoms with Crippen molar-refractivity contribution in [2.75, 3.05) is 13.1 Å². The highest BCUT2D eigenvalue weighted by Gasteiger charge is 2.29. The average Bonchev–Trinajstić information content (AvgIpc) is 3.39. The molecule has 1 aromatic heterocycles. The smallest absolute Gasteiger partial charge is 0.269 e. The summed E-state index contributed by atoms with van der Waals surface area (Å²) < 4.78 is 29.3. The number of likely N-dealkylation sites (tertiary alicyclic amines) is 1. The van der Waals surface area contributed by atoms with Crippen molar-refractivity contribution >= 4 is 43.5 Å². The molecule has 4 aromatic rings. The van der Waals surface area contributed by atoms with Gasteiger partial charge in [-0.3, -0.25) is 4.90 Å². The van der Waals surface area contributed by atoms with Crippen molar-refractivity contribution in [2.45, 2.75) is 23.8 Å². The van der Waals surface area contributed by atoms with Crippen LogP contribution in [0.15, 0.2) is 90.0 Å². The molecule has 0 aliphatic carbocycles. The van der Waals surface area contributed by atoms with Gasteiger partial charge in [-0.2, -0.15) is 0 Å². The summed E-state index contributed by atoms with van der Waals surface area (Å²) in [7, 11) is -3.67. The number of aromatic nitrogens is 1. The zero-order valence-electron chi connectivity index (χ0n) is 17.0. The third-order valence-electron chi connectivity index (χ3n) is 6.04. The molecule has 1 atom stereocenters. The Morgan fingerprint density at radius 1 is 0.903 bits per heavy atom. The molecule has 4 nitrogen and oxygen atoms in total. The molecule has 0 spiro atoms. The number of benzene rings is 3. The molecule has 0 bridgehead atoms. The Morgan fingerprint density at radius 3 is 2.42 bits per heavy atom. The van der Waals surface area contributed by atoms with Crippen molar-refractivity contribution in [1.82, 2.24) is 8.87 Å². The quantitative estimate of drug-likeness (QED) is 0.314. The van der Waals surface area contributed by atoms with Crippen molar-refractivity contribution in [2.24, 2.45) is 0 Å². The lowest BCUT2D eigenvalue weighted by molar-refractivity contribution is 0.327. The third-order valence-corrected chi connectivity index (χ3v) is 9.08. The van der Waals surface area contributed by atoms with E-state index in [1.807, 2.05) is 48.7 Å². The fourth-order valence-electron chi connectivity index (χ4n) is 4.53. The van der Waals surface area contributed by atoms with Crippen LogP contribution in [0.5, 0.6) is 0 Å². The summed E-state index contributed by atoms with van der Waals surface area (Å²) in [6.07, 6.45) is 2.89. The molecule has 0 N–H and O–H groups in total. The van der Waals surface area contributed by atoms with Gasteiger partial charge in [0.05, 0.1) is 5.52 Å². The van der Waals surface area contributed by atoms with E-state index in [4.69, 9.17) is 0 Å². The van der Waals surface area contributed by atoms with E-state index < -0.39 is 10.0 Å². The highest BCUT2D eigenvalue weighted by atomic mass is 127. The second-order valence-corrected chi connectivity index (χ2v) is 11.0. The number of hydrogen-bond acceptors (Lipinski definition) is 3. The standard InChI is InChI=1S/C25H23IN2O2S/c26-23-11-5-7-13-25(23)31(29,30)28-18-22(21-10-4-6-12-24(21)28)20-14-15-27(17-20)16-19-8-2-1-3-9-19/h1-13,18,20H,14-17H2. The molecular weight excluding hydrogens is 519 g/mol. The molecule has 2 heterocycles. The van der Waals surface area contributed by atoms with E-state index in [1.54, 1.807) is 12.1 Å². The van der Waals surface area contributed by atoms with E-state index in [2.05, 4.69) is 51.8 Å². The maximum Gasteiger partial charge on any atom is 0.269 e. The summed E-state index contributed by atoms with van der Waals surface area (Å²) in [4.78, 5) is 2.81. The van der Waals surface area contributed by atoms with Gasteiger partial charge in [0.15, 0.2) is 0 Å². The fraction of sp³-hybridized carbons (Fsp3) is 0.200. The van der Waals surface area contributed by atoms with Crippen LogP contribution in [0.1, 0.15) is 23.5 Å². The van der Waals surface area contributed by atoms with E-state index in [0.29, 0.717) is 10.8 Å². The van der Waals surface area contributed by atoms with Crippen molar-refractivity contribution in [3.05, 3.63) is 99.8 Å². The first-order valence-corrected chi connectivity index (χ1v) is 12.9. The third kappa shape index (κ3) is 3.92. The van der Waals surface area contributed by atoms with Gasteiger partial charge in [-0.1, -0.05) is 60.7 Å². The first kappa shape index (κ1) is 20.7. The van der Waals surface area contributed by atoms with Crippen LogP contribution < -0.4 is 0 Å². The number of rotatable bonds is 5. The number of para-hydroxylation sites is 1. The number of halogens is 1. The fourth-order valence-corrected chi connectivity index (χ4v) is 7.20. The summed E-state index contributed by atoms with van der Waals surface area (Å²) in [5.74, 6) is 0.319. The maximum atomic E-state index is 13.6. The predicted octanol–water partition coefficient (Wildman–Crippen LogP) is 5.47. The van der Waals surface area contributed by atoms with Crippen LogP contribution >= 0.6 is 22.6 Å². The van der Waals surface area contributed by atoms with Gasteiger partial charge >= 0.3 is 0 Å². The first-order valence-electron chi connectivity index (χ1n) is 10.4.